The van der Waals surface area contributed by atoms with Gasteiger partial charge < -0.3 is 10.6 Å². The van der Waals surface area contributed by atoms with E-state index >= 15 is 0 Å². The first-order chi connectivity index (χ1) is 8.69. The lowest BCUT2D eigenvalue weighted by atomic mass is 9.90. The van der Waals surface area contributed by atoms with E-state index in [0.717, 1.165) is 25.1 Å². The van der Waals surface area contributed by atoms with Gasteiger partial charge >= 0.3 is 0 Å². The average molecular weight is 250 g/mol. The third-order valence-corrected chi connectivity index (χ3v) is 3.62. The van der Waals surface area contributed by atoms with Gasteiger partial charge in [0.15, 0.2) is 0 Å². The summed E-state index contributed by atoms with van der Waals surface area (Å²) in [4.78, 5) is 12.0. The fourth-order valence-electron chi connectivity index (χ4n) is 2.43. The van der Waals surface area contributed by atoms with Crippen LogP contribution < -0.4 is 10.6 Å². The van der Waals surface area contributed by atoms with Crippen LogP contribution in [0.2, 0.25) is 0 Å². The standard InChI is InChI=1S/C13H22N4O/c1-3-10-4-6-14-12(8-10)13(18)15-9-11-5-7-17(2)16-11/h5,7,10,12,14H,3-4,6,8-9H2,1-2H3,(H,15,18). The number of aryl methyl sites for hydroxylation is 1. The van der Waals surface area contributed by atoms with Crippen molar-refractivity contribution in [1.29, 1.82) is 0 Å². The molecule has 1 aliphatic heterocycles. The van der Waals surface area contributed by atoms with Gasteiger partial charge in [0.05, 0.1) is 18.3 Å². The fraction of sp³-hybridized carbons (Fsp3) is 0.692. The highest BCUT2D eigenvalue weighted by Gasteiger charge is 2.25. The van der Waals surface area contributed by atoms with E-state index in [1.165, 1.54) is 6.42 Å². The highest BCUT2D eigenvalue weighted by atomic mass is 16.2. The summed E-state index contributed by atoms with van der Waals surface area (Å²) < 4.78 is 1.74. The van der Waals surface area contributed by atoms with E-state index in [1.54, 1.807) is 4.68 Å². The second kappa shape index (κ2) is 6.00. The Morgan fingerprint density at radius 3 is 3.17 bits per heavy atom. The Morgan fingerprint density at radius 2 is 2.50 bits per heavy atom. The molecule has 100 valence electrons. The molecule has 2 heterocycles. The van der Waals surface area contributed by atoms with Crippen molar-refractivity contribution in [2.24, 2.45) is 13.0 Å². The quantitative estimate of drug-likeness (QED) is 0.831. The van der Waals surface area contributed by atoms with Crippen LogP contribution in [0.3, 0.4) is 0 Å². The van der Waals surface area contributed by atoms with Gasteiger partial charge in [-0.3, -0.25) is 9.48 Å². The van der Waals surface area contributed by atoms with Crippen molar-refractivity contribution >= 4 is 5.91 Å². The lowest BCUT2D eigenvalue weighted by molar-refractivity contribution is -0.124. The van der Waals surface area contributed by atoms with Crippen molar-refractivity contribution in [1.82, 2.24) is 20.4 Å². The van der Waals surface area contributed by atoms with Crippen LogP contribution in [0.5, 0.6) is 0 Å². The molecule has 2 rings (SSSR count). The molecule has 0 aromatic carbocycles. The van der Waals surface area contributed by atoms with Crippen molar-refractivity contribution in [3.8, 4) is 0 Å². The molecule has 1 aromatic rings. The zero-order valence-electron chi connectivity index (χ0n) is 11.1. The highest BCUT2D eigenvalue weighted by Crippen LogP contribution is 2.19. The first kappa shape index (κ1) is 13.1. The Bertz CT molecular complexity index is 401. The number of hydrogen-bond acceptors (Lipinski definition) is 3. The molecule has 1 amide bonds. The van der Waals surface area contributed by atoms with Gasteiger partial charge in [0.2, 0.25) is 5.91 Å². The Morgan fingerprint density at radius 1 is 1.67 bits per heavy atom. The molecule has 5 nitrogen and oxygen atoms in total. The minimum atomic E-state index is -0.0348. The van der Waals surface area contributed by atoms with Crippen molar-refractivity contribution < 1.29 is 4.79 Å². The second-order valence-electron chi connectivity index (χ2n) is 5.00. The Hall–Kier alpha value is -1.36. The largest absolute Gasteiger partial charge is 0.349 e. The van der Waals surface area contributed by atoms with Gasteiger partial charge in [0, 0.05) is 13.2 Å². The van der Waals surface area contributed by atoms with Crippen LogP contribution in [0, 0.1) is 5.92 Å². The Kier molecular flexibility index (Phi) is 4.36. The summed E-state index contributed by atoms with van der Waals surface area (Å²) in [6.07, 6.45) is 5.17. The van der Waals surface area contributed by atoms with Gasteiger partial charge in [0.1, 0.15) is 0 Å². The fourth-order valence-corrected chi connectivity index (χ4v) is 2.43. The first-order valence-electron chi connectivity index (χ1n) is 6.68. The number of piperidine rings is 1. The molecule has 1 aromatic heterocycles. The summed E-state index contributed by atoms with van der Waals surface area (Å²) in [5, 5.41) is 10.5. The van der Waals surface area contributed by atoms with E-state index in [-0.39, 0.29) is 11.9 Å². The molecule has 0 spiro atoms. The molecule has 1 saturated heterocycles. The number of carbonyl (C=O) groups is 1. The molecule has 0 saturated carbocycles. The molecule has 2 atom stereocenters. The van der Waals surface area contributed by atoms with E-state index in [4.69, 9.17) is 0 Å². The molecule has 0 bridgehead atoms. The number of amides is 1. The minimum absolute atomic E-state index is 0.0348. The lowest BCUT2D eigenvalue weighted by Crippen LogP contribution is -2.48. The highest BCUT2D eigenvalue weighted by molar-refractivity contribution is 5.81. The van der Waals surface area contributed by atoms with Crippen LogP contribution in [0.25, 0.3) is 0 Å². The average Bonchev–Trinajstić information content (AvgIpc) is 2.82. The van der Waals surface area contributed by atoms with Crippen molar-refractivity contribution in [3.05, 3.63) is 18.0 Å². The molecule has 18 heavy (non-hydrogen) atoms. The summed E-state index contributed by atoms with van der Waals surface area (Å²) in [7, 11) is 1.87. The number of nitrogens with one attached hydrogen (secondary N) is 2. The van der Waals surface area contributed by atoms with E-state index < -0.39 is 0 Å². The summed E-state index contributed by atoms with van der Waals surface area (Å²) >= 11 is 0. The monoisotopic (exact) mass is 250 g/mol. The van der Waals surface area contributed by atoms with Crippen LogP contribution in [0.1, 0.15) is 31.9 Å². The van der Waals surface area contributed by atoms with Gasteiger partial charge in [-0.1, -0.05) is 13.3 Å². The predicted octanol–water partition coefficient (Wildman–Crippen LogP) is 0.814. The first-order valence-corrected chi connectivity index (χ1v) is 6.68. The molecule has 2 unspecified atom stereocenters. The van der Waals surface area contributed by atoms with Crippen LogP contribution >= 0.6 is 0 Å². The van der Waals surface area contributed by atoms with Crippen LogP contribution in [-0.4, -0.2) is 28.3 Å². The van der Waals surface area contributed by atoms with Gasteiger partial charge in [-0.2, -0.15) is 5.10 Å². The third-order valence-electron chi connectivity index (χ3n) is 3.62. The SMILES string of the molecule is CCC1CCNC(C(=O)NCc2ccn(C)n2)C1. The number of nitrogens with zero attached hydrogens (tertiary/aromatic N) is 2. The zero-order valence-corrected chi connectivity index (χ0v) is 11.1. The zero-order chi connectivity index (χ0) is 13.0. The van der Waals surface area contributed by atoms with Gasteiger partial charge in [-0.25, -0.2) is 0 Å². The summed E-state index contributed by atoms with van der Waals surface area (Å²) in [5.41, 5.74) is 0.897. The molecule has 5 heteroatoms. The van der Waals surface area contributed by atoms with E-state index in [2.05, 4.69) is 22.7 Å². The maximum absolute atomic E-state index is 12.0. The van der Waals surface area contributed by atoms with Crippen LogP contribution in [0.15, 0.2) is 12.3 Å². The third kappa shape index (κ3) is 3.32. The summed E-state index contributed by atoms with van der Waals surface area (Å²) in [5.74, 6) is 0.774. The maximum Gasteiger partial charge on any atom is 0.237 e. The van der Waals surface area contributed by atoms with Gasteiger partial charge in [-0.15, -0.1) is 0 Å². The maximum atomic E-state index is 12.0. The Labute approximate surface area is 108 Å². The molecule has 0 aliphatic carbocycles. The minimum Gasteiger partial charge on any atom is -0.349 e. The normalized spacial score (nSPS) is 23.9. The van der Waals surface area contributed by atoms with Crippen molar-refractivity contribution in [3.63, 3.8) is 0 Å². The molecule has 0 radical (unpaired) electrons. The van der Waals surface area contributed by atoms with E-state index in [1.807, 2.05) is 19.3 Å². The van der Waals surface area contributed by atoms with E-state index in [0.29, 0.717) is 12.5 Å². The molecular weight excluding hydrogens is 228 g/mol. The van der Waals surface area contributed by atoms with Crippen molar-refractivity contribution in [2.75, 3.05) is 6.54 Å². The molecule has 1 fully saturated rings. The van der Waals surface area contributed by atoms with Gasteiger partial charge in [0.25, 0.3) is 0 Å². The number of rotatable bonds is 4. The molecule has 1 aliphatic rings. The molecule has 2 N–H and O–H groups in total. The van der Waals surface area contributed by atoms with E-state index in [9.17, 15) is 4.79 Å². The topological polar surface area (TPSA) is 59.0 Å². The van der Waals surface area contributed by atoms with Crippen molar-refractivity contribution in [2.45, 2.75) is 38.8 Å². The summed E-state index contributed by atoms with van der Waals surface area (Å²) in [6, 6.07) is 1.89. The predicted molar refractivity (Wildman–Crippen MR) is 69.9 cm³/mol. The van der Waals surface area contributed by atoms with Crippen LogP contribution in [-0.2, 0) is 18.4 Å². The molecular formula is C13H22N4O. The number of aromatic nitrogens is 2. The summed E-state index contributed by atoms with van der Waals surface area (Å²) in [6.45, 7) is 3.65. The smallest absolute Gasteiger partial charge is 0.237 e. The number of carbonyl (C=O) groups excluding carboxylic acids is 1. The Balaban J connectivity index is 1.80. The lowest BCUT2D eigenvalue weighted by Gasteiger charge is -2.28. The second-order valence-corrected chi connectivity index (χ2v) is 5.00. The van der Waals surface area contributed by atoms with Crippen LogP contribution in [0.4, 0.5) is 0 Å². The number of hydrogen-bond donors (Lipinski definition) is 2. The van der Waals surface area contributed by atoms with Gasteiger partial charge in [-0.05, 0) is 31.4 Å².